The van der Waals surface area contributed by atoms with Crippen LogP contribution >= 0.6 is 11.6 Å². The summed E-state index contributed by atoms with van der Waals surface area (Å²) >= 11 is 5.93. The zero-order chi connectivity index (χ0) is 13.0. The van der Waals surface area contributed by atoms with Gasteiger partial charge < -0.3 is 0 Å². The van der Waals surface area contributed by atoms with Gasteiger partial charge in [0, 0.05) is 5.02 Å². The molecule has 0 bridgehead atoms. The third-order valence-corrected chi connectivity index (χ3v) is 3.25. The highest BCUT2D eigenvalue weighted by atomic mass is 35.5. The van der Waals surface area contributed by atoms with Crippen LogP contribution in [0.1, 0.15) is 0 Å². The first-order valence-electron chi connectivity index (χ1n) is 5.55. The van der Waals surface area contributed by atoms with Crippen molar-refractivity contribution in [3.63, 3.8) is 0 Å². The molecule has 92 valence electrons. The van der Waals surface area contributed by atoms with Crippen LogP contribution in [0.25, 0.3) is 27.7 Å². The predicted molar refractivity (Wildman–Crippen MR) is 71.4 cm³/mol. The summed E-state index contributed by atoms with van der Waals surface area (Å²) in [5, 5.41) is 11.4. The van der Waals surface area contributed by atoms with E-state index in [1.165, 1.54) is 4.40 Å². The molecule has 0 spiro atoms. The van der Waals surface area contributed by atoms with E-state index in [2.05, 4.69) is 20.4 Å². The fourth-order valence-electron chi connectivity index (χ4n) is 2.15. The van der Waals surface area contributed by atoms with Crippen LogP contribution in [-0.4, -0.2) is 24.8 Å². The summed E-state index contributed by atoms with van der Waals surface area (Å²) < 4.78 is 1.43. The molecule has 3 aromatic heterocycles. The van der Waals surface area contributed by atoms with Gasteiger partial charge in [0.2, 0.25) is 0 Å². The van der Waals surface area contributed by atoms with Gasteiger partial charge in [-0.25, -0.2) is 9.38 Å². The molecule has 3 heterocycles. The lowest BCUT2D eigenvalue weighted by Gasteiger charge is -2.03. The molecule has 19 heavy (non-hydrogen) atoms. The highest BCUT2D eigenvalue weighted by molar-refractivity contribution is 6.31. The van der Waals surface area contributed by atoms with Crippen LogP contribution in [0.5, 0.6) is 0 Å². The van der Waals surface area contributed by atoms with Crippen molar-refractivity contribution < 1.29 is 0 Å². The molecule has 0 aliphatic heterocycles. The molecule has 1 aromatic carbocycles. The number of aromatic nitrogens is 5. The number of rotatable bonds is 0. The molecule has 0 radical (unpaired) electrons. The molecular weight excluding hydrogens is 266 g/mol. The Morgan fingerprint density at radius 3 is 2.84 bits per heavy atom. The average Bonchev–Trinajstić information content (AvgIpc) is 2.88. The van der Waals surface area contributed by atoms with E-state index in [1.807, 2.05) is 0 Å². The summed E-state index contributed by atoms with van der Waals surface area (Å²) in [5.41, 5.74) is 2.00. The van der Waals surface area contributed by atoms with E-state index in [0.717, 1.165) is 0 Å². The molecule has 7 heteroatoms. The van der Waals surface area contributed by atoms with Crippen LogP contribution in [0.2, 0.25) is 5.02 Å². The number of halogens is 1. The number of H-pyrrole nitrogens is 1. The molecule has 0 saturated heterocycles. The van der Waals surface area contributed by atoms with Crippen molar-refractivity contribution in [2.75, 3.05) is 0 Å². The van der Waals surface area contributed by atoms with Crippen molar-refractivity contribution >= 4 is 39.3 Å². The van der Waals surface area contributed by atoms with Crippen LogP contribution in [-0.2, 0) is 0 Å². The zero-order valence-corrected chi connectivity index (χ0v) is 10.2. The lowest BCUT2D eigenvalue weighted by molar-refractivity contribution is 0.946. The molecule has 4 aromatic rings. The minimum atomic E-state index is -0.206. The number of pyridine rings is 1. The Hall–Kier alpha value is -2.47. The number of hydrogen-bond acceptors (Lipinski definition) is 4. The second-order valence-electron chi connectivity index (χ2n) is 4.14. The van der Waals surface area contributed by atoms with Crippen LogP contribution in [0, 0.1) is 0 Å². The van der Waals surface area contributed by atoms with E-state index in [1.54, 1.807) is 30.3 Å². The molecular formula is C12H6ClN5O. The Kier molecular flexibility index (Phi) is 1.94. The monoisotopic (exact) mass is 271 g/mol. The summed E-state index contributed by atoms with van der Waals surface area (Å²) in [5.74, 6) is 0. The van der Waals surface area contributed by atoms with E-state index in [-0.39, 0.29) is 5.56 Å². The first-order valence-corrected chi connectivity index (χ1v) is 5.93. The predicted octanol–water partition coefficient (Wildman–Crippen LogP) is 1.77. The summed E-state index contributed by atoms with van der Waals surface area (Å²) in [7, 11) is 0. The number of aromatic amines is 1. The number of fused-ring (bicyclic) bond motifs is 4. The van der Waals surface area contributed by atoms with Crippen molar-refractivity contribution in [1.29, 1.82) is 0 Å². The van der Waals surface area contributed by atoms with Gasteiger partial charge in [0.15, 0.2) is 5.65 Å². The van der Waals surface area contributed by atoms with Crippen LogP contribution in [0.3, 0.4) is 0 Å². The molecule has 0 saturated carbocycles. The van der Waals surface area contributed by atoms with Crippen LogP contribution in [0.4, 0.5) is 0 Å². The van der Waals surface area contributed by atoms with Gasteiger partial charge in [0.25, 0.3) is 5.56 Å². The molecule has 0 aliphatic rings. The molecule has 1 N–H and O–H groups in total. The molecule has 0 aliphatic carbocycles. The van der Waals surface area contributed by atoms with Gasteiger partial charge in [-0.1, -0.05) is 11.6 Å². The van der Waals surface area contributed by atoms with Crippen molar-refractivity contribution in [3.05, 3.63) is 45.7 Å². The Bertz CT molecular complexity index is 1000. The average molecular weight is 272 g/mol. The third kappa shape index (κ3) is 1.37. The van der Waals surface area contributed by atoms with E-state index in [0.29, 0.717) is 32.7 Å². The van der Waals surface area contributed by atoms with Gasteiger partial charge in [-0.2, -0.15) is 10.3 Å². The minimum absolute atomic E-state index is 0.206. The standard InChI is InChI=1S/C12H6ClN5O/c13-6-1-2-8-7(5-6)12(19)18-10(14-8)4-3-9-11(18)16-17-15-9/h1-5H,(H,15,16,17). The van der Waals surface area contributed by atoms with Gasteiger partial charge in [-0.15, -0.1) is 5.10 Å². The molecule has 0 amide bonds. The third-order valence-electron chi connectivity index (χ3n) is 3.01. The Balaban J connectivity index is 2.36. The normalized spacial score (nSPS) is 11.6. The van der Waals surface area contributed by atoms with E-state index < -0.39 is 0 Å². The first kappa shape index (κ1) is 10.5. The number of nitrogens with zero attached hydrogens (tertiary/aromatic N) is 4. The molecule has 6 nitrogen and oxygen atoms in total. The number of benzene rings is 1. The van der Waals surface area contributed by atoms with E-state index in [9.17, 15) is 4.79 Å². The molecule has 0 atom stereocenters. The van der Waals surface area contributed by atoms with Gasteiger partial charge in [-0.05, 0) is 30.3 Å². The largest absolute Gasteiger partial charge is 0.268 e. The summed E-state index contributed by atoms with van der Waals surface area (Å²) in [4.78, 5) is 17.0. The Morgan fingerprint density at radius 1 is 1.11 bits per heavy atom. The van der Waals surface area contributed by atoms with Crippen molar-refractivity contribution in [3.8, 4) is 0 Å². The zero-order valence-electron chi connectivity index (χ0n) is 9.46. The van der Waals surface area contributed by atoms with Crippen LogP contribution < -0.4 is 5.56 Å². The van der Waals surface area contributed by atoms with Gasteiger partial charge in [0.05, 0.1) is 10.9 Å². The minimum Gasteiger partial charge on any atom is -0.268 e. The second kappa shape index (κ2) is 3.52. The number of hydrogen-bond donors (Lipinski definition) is 1. The van der Waals surface area contributed by atoms with Gasteiger partial charge >= 0.3 is 0 Å². The smallest absolute Gasteiger partial charge is 0.267 e. The SMILES string of the molecule is O=c1c2cc(Cl)ccc2nc2ccc3n[nH]nc3n12. The fourth-order valence-corrected chi connectivity index (χ4v) is 2.33. The maximum atomic E-state index is 12.5. The fraction of sp³-hybridized carbons (Fsp3) is 0. The highest BCUT2D eigenvalue weighted by Gasteiger charge is 2.10. The molecule has 0 unspecified atom stereocenters. The Labute approximate surface area is 110 Å². The maximum Gasteiger partial charge on any atom is 0.267 e. The molecule has 0 fully saturated rings. The van der Waals surface area contributed by atoms with Gasteiger partial charge in [-0.3, -0.25) is 4.79 Å². The van der Waals surface area contributed by atoms with Crippen molar-refractivity contribution in [1.82, 2.24) is 24.8 Å². The summed E-state index contributed by atoms with van der Waals surface area (Å²) in [6, 6.07) is 8.55. The van der Waals surface area contributed by atoms with Crippen LogP contribution in [0.15, 0.2) is 35.1 Å². The van der Waals surface area contributed by atoms with Gasteiger partial charge in [0.1, 0.15) is 11.2 Å². The lowest BCUT2D eigenvalue weighted by Crippen LogP contribution is -2.16. The van der Waals surface area contributed by atoms with E-state index in [4.69, 9.17) is 11.6 Å². The summed E-state index contributed by atoms with van der Waals surface area (Å²) in [6.07, 6.45) is 0. The van der Waals surface area contributed by atoms with Crippen molar-refractivity contribution in [2.24, 2.45) is 0 Å². The van der Waals surface area contributed by atoms with E-state index >= 15 is 0 Å². The second-order valence-corrected chi connectivity index (χ2v) is 4.57. The molecule has 4 rings (SSSR count). The maximum absolute atomic E-state index is 12.5. The highest BCUT2D eigenvalue weighted by Crippen LogP contribution is 2.17. The van der Waals surface area contributed by atoms with Crippen molar-refractivity contribution in [2.45, 2.75) is 0 Å². The Morgan fingerprint density at radius 2 is 1.95 bits per heavy atom. The topological polar surface area (TPSA) is 75.9 Å². The summed E-state index contributed by atoms with van der Waals surface area (Å²) in [6.45, 7) is 0. The first-order chi connectivity index (χ1) is 9.24. The lowest BCUT2D eigenvalue weighted by atomic mass is 10.2. The number of nitrogens with one attached hydrogen (secondary N) is 1. The quantitative estimate of drug-likeness (QED) is 0.495.